The molecule has 6 heteroatoms. The summed E-state index contributed by atoms with van der Waals surface area (Å²) in [6.07, 6.45) is -2.17. The fraction of sp³-hybridized carbons (Fsp3) is 0.385. The van der Waals surface area contributed by atoms with Crippen LogP contribution >= 0.6 is 0 Å². The molecule has 0 saturated heterocycles. The topological polar surface area (TPSA) is 95.9 Å². The highest BCUT2D eigenvalue weighted by Crippen LogP contribution is 2.17. The van der Waals surface area contributed by atoms with Crippen LogP contribution in [0.2, 0.25) is 0 Å². The molecule has 104 valence electrons. The first-order valence-electron chi connectivity index (χ1n) is 5.70. The number of ether oxygens (including phenoxy) is 1. The van der Waals surface area contributed by atoms with Gasteiger partial charge in [-0.2, -0.15) is 0 Å². The molecule has 1 rings (SSSR count). The van der Waals surface area contributed by atoms with Gasteiger partial charge in [-0.1, -0.05) is 12.1 Å². The van der Waals surface area contributed by atoms with Gasteiger partial charge in [0.1, 0.15) is 5.60 Å². The van der Waals surface area contributed by atoms with Crippen molar-refractivity contribution in [3.63, 3.8) is 0 Å². The van der Waals surface area contributed by atoms with Gasteiger partial charge in [0.2, 0.25) is 0 Å². The molecule has 0 aliphatic rings. The molecule has 0 saturated carbocycles. The molecule has 0 fully saturated rings. The maximum atomic E-state index is 11.5. The van der Waals surface area contributed by atoms with Crippen LogP contribution in [0.25, 0.3) is 0 Å². The molecule has 0 bridgehead atoms. The highest BCUT2D eigenvalue weighted by molar-refractivity contribution is 5.85. The Kier molecular flexibility index (Phi) is 4.50. The molecule has 0 radical (unpaired) electrons. The second-order valence-electron chi connectivity index (χ2n) is 4.99. The van der Waals surface area contributed by atoms with Crippen LogP contribution in [-0.4, -0.2) is 27.9 Å². The Labute approximate surface area is 111 Å². The summed E-state index contributed by atoms with van der Waals surface area (Å²) in [6.45, 7) is 5.25. The van der Waals surface area contributed by atoms with E-state index in [-0.39, 0.29) is 5.56 Å². The molecule has 1 aromatic carbocycles. The average Bonchev–Trinajstić information content (AvgIpc) is 2.26. The summed E-state index contributed by atoms with van der Waals surface area (Å²) >= 11 is 0. The first-order chi connectivity index (χ1) is 8.69. The van der Waals surface area contributed by atoms with Crippen LogP contribution in [0.3, 0.4) is 0 Å². The zero-order valence-corrected chi connectivity index (χ0v) is 11.0. The summed E-state index contributed by atoms with van der Waals surface area (Å²) < 4.78 is 5.06. The first-order valence-corrected chi connectivity index (χ1v) is 5.70. The monoisotopic (exact) mass is 267 g/mol. The number of aliphatic hydroxyl groups excluding tert-OH is 1. The van der Waals surface area contributed by atoms with Crippen molar-refractivity contribution in [2.75, 3.05) is 5.32 Å². The number of aliphatic carboxylic acids is 1. The van der Waals surface area contributed by atoms with E-state index in [4.69, 9.17) is 9.84 Å². The quantitative estimate of drug-likeness (QED) is 0.779. The maximum absolute atomic E-state index is 11.5. The van der Waals surface area contributed by atoms with E-state index in [1.54, 1.807) is 20.8 Å². The number of rotatable bonds is 3. The molecule has 1 atom stereocenters. The Morgan fingerprint density at radius 1 is 1.21 bits per heavy atom. The van der Waals surface area contributed by atoms with Crippen molar-refractivity contribution < 1.29 is 24.5 Å². The Hall–Kier alpha value is -2.08. The van der Waals surface area contributed by atoms with Gasteiger partial charge >= 0.3 is 12.1 Å². The van der Waals surface area contributed by atoms with E-state index < -0.39 is 23.8 Å². The van der Waals surface area contributed by atoms with Gasteiger partial charge < -0.3 is 14.9 Å². The minimum atomic E-state index is -1.57. The van der Waals surface area contributed by atoms with Gasteiger partial charge in [0.05, 0.1) is 0 Å². The van der Waals surface area contributed by atoms with Crippen LogP contribution in [0.1, 0.15) is 32.4 Å². The fourth-order valence-corrected chi connectivity index (χ4v) is 1.31. The number of carboxylic acids is 1. The molecular weight excluding hydrogens is 250 g/mol. The highest BCUT2D eigenvalue weighted by atomic mass is 16.6. The number of nitrogens with one attached hydrogen (secondary N) is 1. The lowest BCUT2D eigenvalue weighted by molar-refractivity contribution is -0.146. The van der Waals surface area contributed by atoms with Crippen LogP contribution < -0.4 is 5.32 Å². The third-order valence-electron chi connectivity index (χ3n) is 2.11. The van der Waals surface area contributed by atoms with Crippen molar-refractivity contribution in [2.45, 2.75) is 32.5 Å². The molecule has 1 amide bonds. The minimum Gasteiger partial charge on any atom is -0.479 e. The molecule has 19 heavy (non-hydrogen) atoms. The number of amides is 1. The van der Waals surface area contributed by atoms with E-state index in [1.807, 2.05) is 0 Å². The summed E-state index contributed by atoms with van der Waals surface area (Å²) in [5.41, 5.74) is 0.0987. The minimum absolute atomic E-state index is 0.238. The summed E-state index contributed by atoms with van der Waals surface area (Å²) in [6, 6.07) is 5.83. The predicted octanol–water partition coefficient (Wildman–Crippen LogP) is 2.15. The van der Waals surface area contributed by atoms with Crippen molar-refractivity contribution in [1.29, 1.82) is 0 Å². The standard InChI is InChI=1S/C13H17NO5/c1-13(2,3)19-12(18)14-9-6-4-8(5-7-9)10(15)11(16)17/h4-7,10,15H,1-3H3,(H,14,18)(H,16,17)/t10-/m0/s1. The summed E-state index contributed by atoms with van der Waals surface area (Å²) in [7, 11) is 0. The Morgan fingerprint density at radius 3 is 2.16 bits per heavy atom. The third kappa shape index (κ3) is 4.97. The Bertz CT molecular complexity index is 461. The largest absolute Gasteiger partial charge is 0.479 e. The molecule has 0 aliphatic heterocycles. The highest BCUT2D eigenvalue weighted by Gasteiger charge is 2.17. The summed E-state index contributed by atoms with van der Waals surface area (Å²) in [4.78, 5) is 22.1. The van der Waals surface area contributed by atoms with Gasteiger partial charge in [-0.15, -0.1) is 0 Å². The fourth-order valence-electron chi connectivity index (χ4n) is 1.31. The van der Waals surface area contributed by atoms with E-state index >= 15 is 0 Å². The predicted molar refractivity (Wildman–Crippen MR) is 68.9 cm³/mol. The van der Waals surface area contributed by atoms with E-state index in [0.29, 0.717) is 5.69 Å². The van der Waals surface area contributed by atoms with Crippen LogP contribution in [0, 0.1) is 0 Å². The molecule has 0 aromatic heterocycles. The number of anilines is 1. The summed E-state index contributed by atoms with van der Waals surface area (Å²) in [5.74, 6) is -1.33. The molecule has 0 aliphatic carbocycles. The molecule has 0 spiro atoms. The van der Waals surface area contributed by atoms with Crippen LogP contribution in [0.5, 0.6) is 0 Å². The van der Waals surface area contributed by atoms with Gasteiger partial charge in [0, 0.05) is 5.69 Å². The smallest absolute Gasteiger partial charge is 0.412 e. The van der Waals surface area contributed by atoms with E-state index in [2.05, 4.69) is 5.32 Å². The van der Waals surface area contributed by atoms with Gasteiger partial charge in [-0.05, 0) is 38.5 Å². The lowest BCUT2D eigenvalue weighted by Crippen LogP contribution is -2.27. The molecular formula is C13H17NO5. The second-order valence-corrected chi connectivity index (χ2v) is 4.99. The summed E-state index contributed by atoms with van der Waals surface area (Å²) in [5, 5.41) is 20.5. The number of carboxylic acid groups (broad SMARTS) is 1. The van der Waals surface area contributed by atoms with E-state index in [0.717, 1.165) is 0 Å². The van der Waals surface area contributed by atoms with Crippen molar-refractivity contribution >= 4 is 17.7 Å². The SMILES string of the molecule is CC(C)(C)OC(=O)Nc1ccc([C@H](O)C(=O)O)cc1. The van der Waals surface area contributed by atoms with Crippen molar-refractivity contribution in [1.82, 2.24) is 0 Å². The Morgan fingerprint density at radius 2 is 1.74 bits per heavy atom. The number of carbonyl (C=O) groups excluding carboxylic acids is 1. The zero-order valence-electron chi connectivity index (χ0n) is 11.0. The van der Waals surface area contributed by atoms with Crippen LogP contribution in [0.4, 0.5) is 10.5 Å². The number of carbonyl (C=O) groups is 2. The second kappa shape index (κ2) is 5.71. The van der Waals surface area contributed by atoms with E-state index in [9.17, 15) is 14.7 Å². The Balaban J connectivity index is 2.67. The van der Waals surface area contributed by atoms with Gasteiger partial charge in [-0.25, -0.2) is 9.59 Å². The maximum Gasteiger partial charge on any atom is 0.412 e. The normalized spacial score (nSPS) is 12.6. The first kappa shape index (κ1) is 15.0. The molecule has 0 unspecified atom stereocenters. The number of hydrogen-bond donors (Lipinski definition) is 3. The average molecular weight is 267 g/mol. The molecule has 1 aromatic rings. The van der Waals surface area contributed by atoms with Crippen LogP contribution in [-0.2, 0) is 9.53 Å². The van der Waals surface area contributed by atoms with E-state index in [1.165, 1.54) is 24.3 Å². The lowest BCUT2D eigenvalue weighted by Gasteiger charge is -2.19. The van der Waals surface area contributed by atoms with Crippen LogP contribution in [0.15, 0.2) is 24.3 Å². The molecule has 6 nitrogen and oxygen atoms in total. The zero-order chi connectivity index (χ0) is 14.6. The number of aliphatic hydroxyl groups is 1. The number of benzene rings is 1. The van der Waals surface area contributed by atoms with Crippen molar-refractivity contribution in [3.05, 3.63) is 29.8 Å². The molecule has 0 heterocycles. The lowest BCUT2D eigenvalue weighted by atomic mass is 10.1. The number of hydrogen-bond acceptors (Lipinski definition) is 4. The van der Waals surface area contributed by atoms with Crippen molar-refractivity contribution in [3.8, 4) is 0 Å². The van der Waals surface area contributed by atoms with Gasteiger partial charge in [0.15, 0.2) is 6.10 Å². The van der Waals surface area contributed by atoms with Gasteiger partial charge in [0.25, 0.3) is 0 Å². The molecule has 3 N–H and O–H groups in total. The van der Waals surface area contributed by atoms with Gasteiger partial charge in [-0.3, -0.25) is 5.32 Å². The third-order valence-corrected chi connectivity index (χ3v) is 2.11. The van der Waals surface area contributed by atoms with Crippen molar-refractivity contribution in [2.24, 2.45) is 0 Å².